The van der Waals surface area contributed by atoms with Gasteiger partial charge in [-0.3, -0.25) is 19.3 Å². The molecular weight excluding hydrogens is 504 g/mol. The molecule has 4 rings (SSSR count). The second kappa shape index (κ2) is 10.5. The number of fused-ring (bicyclic) bond motifs is 1. The van der Waals surface area contributed by atoms with Crippen molar-refractivity contribution < 1.29 is 29.4 Å². The first-order chi connectivity index (χ1) is 17.4. The van der Waals surface area contributed by atoms with Crippen molar-refractivity contribution in [3.05, 3.63) is 10.6 Å². The molecular formula is C23H35N7O6S. The van der Waals surface area contributed by atoms with Crippen LogP contribution in [0.1, 0.15) is 26.7 Å². The fraction of sp³-hybridized carbons (Fsp3) is 0.696. The minimum Gasteiger partial charge on any atom is -0.477 e. The maximum Gasteiger partial charge on any atom is 0.353 e. The van der Waals surface area contributed by atoms with E-state index in [1.54, 1.807) is 11.8 Å². The van der Waals surface area contributed by atoms with Gasteiger partial charge in [-0.1, -0.05) is 6.92 Å². The molecule has 3 amide bonds. The van der Waals surface area contributed by atoms with Gasteiger partial charge in [-0.2, -0.15) is 0 Å². The molecule has 4 heterocycles. The fourth-order valence-corrected chi connectivity index (χ4v) is 7.51. The van der Waals surface area contributed by atoms with E-state index in [9.17, 15) is 29.4 Å². The van der Waals surface area contributed by atoms with Gasteiger partial charge in [0.1, 0.15) is 12.2 Å². The number of likely N-dealkylation sites (N-methyl/N-ethyl adjacent to an activating group) is 1. The van der Waals surface area contributed by atoms with E-state index in [0.29, 0.717) is 37.4 Å². The van der Waals surface area contributed by atoms with E-state index in [4.69, 9.17) is 11.5 Å². The molecule has 0 radical (unpaired) electrons. The molecule has 14 heteroatoms. The van der Waals surface area contributed by atoms with Gasteiger partial charge < -0.3 is 36.8 Å². The van der Waals surface area contributed by atoms with Gasteiger partial charge in [-0.25, -0.2) is 9.79 Å². The van der Waals surface area contributed by atoms with Gasteiger partial charge in [0.05, 0.1) is 24.1 Å². The van der Waals surface area contributed by atoms with Crippen LogP contribution in [0.15, 0.2) is 15.6 Å². The number of aliphatic carboxylic acids is 1. The maximum atomic E-state index is 13.3. The summed E-state index contributed by atoms with van der Waals surface area (Å²) in [6.45, 7) is 4.81. The van der Waals surface area contributed by atoms with Crippen molar-refractivity contribution in [2.24, 2.45) is 28.3 Å². The number of carboxylic acid groups (broad SMARTS) is 1. The van der Waals surface area contributed by atoms with Crippen LogP contribution in [0.25, 0.3) is 0 Å². The summed E-state index contributed by atoms with van der Waals surface area (Å²) in [5.74, 6) is -2.82. The van der Waals surface area contributed by atoms with Crippen LogP contribution in [0.3, 0.4) is 0 Å². The zero-order valence-electron chi connectivity index (χ0n) is 21.2. The molecule has 0 aromatic rings. The number of aliphatic hydroxyl groups is 1. The van der Waals surface area contributed by atoms with E-state index in [1.807, 2.05) is 18.9 Å². The van der Waals surface area contributed by atoms with Crippen molar-refractivity contribution in [2.45, 2.75) is 56.2 Å². The number of nitrogens with one attached hydrogen (secondary N) is 1. The first-order valence-corrected chi connectivity index (χ1v) is 13.3. The number of rotatable bonds is 8. The van der Waals surface area contributed by atoms with Gasteiger partial charge in [0.15, 0.2) is 5.96 Å². The number of aliphatic hydroxyl groups excluding tert-OH is 1. The zero-order valence-corrected chi connectivity index (χ0v) is 22.0. The summed E-state index contributed by atoms with van der Waals surface area (Å²) in [6.07, 6.45) is 0.325. The number of carbonyl (C=O) groups is 4. The Hall–Kier alpha value is -2.84. The number of nitrogens with two attached hydrogens (primary N) is 2. The lowest BCUT2D eigenvalue weighted by atomic mass is 9.79. The Balaban J connectivity index is 1.37. The van der Waals surface area contributed by atoms with Crippen LogP contribution in [0, 0.1) is 11.8 Å². The Morgan fingerprint density at radius 1 is 1.30 bits per heavy atom. The molecule has 0 unspecified atom stereocenters. The highest BCUT2D eigenvalue weighted by Gasteiger charge is 2.60. The molecule has 4 aliphatic heterocycles. The van der Waals surface area contributed by atoms with Gasteiger partial charge in [0.2, 0.25) is 17.7 Å². The smallest absolute Gasteiger partial charge is 0.353 e. The van der Waals surface area contributed by atoms with E-state index in [2.05, 4.69) is 10.3 Å². The quantitative estimate of drug-likeness (QED) is 0.130. The van der Waals surface area contributed by atoms with Crippen LogP contribution in [-0.4, -0.2) is 117 Å². The van der Waals surface area contributed by atoms with Crippen molar-refractivity contribution in [1.29, 1.82) is 0 Å². The number of likely N-dealkylation sites (tertiary alicyclic amines) is 2. The number of nitrogens with zero attached hydrogens (tertiary/aromatic N) is 4. The van der Waals surface area contributed by atoms with Gasteiger partial charge in [-0.15, -0.1) is 11.8 Å². The summed E-state index contributed by atoms with van der Waals surface area (Å²) < 4.78 is 0. The third-order valence-corrected chi connectivity index (χ3v) is 9.16. The second-order valence-corrected chi connectivity index (χ2v) is 11.6. The molecule has 3 fully saturated rings. The molecule has 0 aromatic heterocycles. The van der Waals surface area contributed by atoms with Crippen LogP contribution in [-0.2, 0) is 19.2 Å². The Morgan fingerprint density at radius 3 is 2.62 bits per heavy atom. The van der Waals surface area contributed by atoms with E-state index >= 15 is 0 Å². The highest BCUT2D eigenvalue weighted by Crippen LogP contribution is 2.52. The van der Waals surface area contributed by atoms with Crippen LogP contribution in [0.2, 0.25) is 0 Å². The lowest BCUT2D eigenvalue weighted by molar-refractivity contribution is -0.163. The number of thioether (sulfide) groups is 1. The van der Waals surface area contributed by atoms with Crippen LogP contribution < -0.4 is 16.8 Å². The Bertz CT molecular complexity index is 1040. The monoisotopic (exact) mass is 539 g/mol. The third kappa shape index (κ3) is 5.14. The predicted molar refractivity (Wildman–Crippen MR) is 136 cm³/mol. The van der Waals surface area contributed by atoms with E-state index < -0.39 is 18.0 Å². The molecule has 0 aromatic carbocycles. The zero-order chi connectivity index (χ0) is 27.2. The van der Waals surface area contributed by atoms with Gasteiger partial charge >= 0.3 is 5.97 Å². The topological polar surface area (TPSA) is 195 Å². The minimum absolute atomic E-state index is 0.000632. The van der Waals surface area contributed by atoms with Crippen LogP contribution in [0.4, 0.5) is 0 Å². The average molecular weight is 540 g/mol. The number of carboxylic acids is 1. The number of amides is 3. The summed E-state index contributed by atoms with van der Waals surface area (Å²) >= 11 is 1.43. The number of guanidine groups is 1. The number of β-lactam (4-membered cyclic amide) rings is 1. The highest BCUT2D eigenvalue weighted by atomic mass is 32.2. The molecule has 204 valence electrons. The molecule has 0 aliphatic carbocycles. The number of carbonyl (C=O) groups excluding carboxylic acids is 3. The third-order valence-electron chi connectivity index (χ3n) is 7.67. The molecule has 0 saturated carbocycles. The predicted octanol–water partition coefficient (Wildman–Crippen LogP) is -2.06. The number of hydrogen-bond donors (Lipinski definition) is 5. The van der Waals surface area contributed by atoms with Gasteiger partial charge in [-0.05, 0) is 26.8 Å². The molecule has 0 spiro atoms. The largest absolute Gasteiger partial charge is 0.477 e. The molecule has 4 aliphatic rings. The average Bonchev–Trinajstić information content (AvgIpc) is 3.48. The molecule has 13 nitrogen and oxygen atoms in total. The molecule has 7 N–H and O–H groups in total. The van der Waals surface area contributed by atoms with E-state index in [-0.39, 0.29) is 65.2 Å². The van der Waals surface area contributed by atoms with Gasteiger partial charge in [0, 0.05) is 41.7 Å². The van der Waals surface area contributed by atoms with E-state index in [0.717, 1.165) is 0 Å². The molecule has 7 atom stereocenters. The second-order valence-electron chi connectivity index (χ2n) is 10.3. The minimum atomic E-state index is -1.15. The summed E-state index contributed by atoms with van der Waals surface area (Å²) in [7, 11) is 1.87. The lowest BCUT2D eigenvalue weighted by Gasteiger charge is -2.46. The normalized spacial score (nSPS) is 32.3. The standard InChI is InChI=1S/C23H35N7O6S/c1-10-17-16(11(2)31)21(34)30(17)18(22(35)36)19(10)37-13-6-14(28(3)9-13)20(33)29-5-4-12(8-29)27-15(32)7-26-23(24)25/h10-14,16-17,31H,4-9H2,1-3H3,(H,27,32)(H,35,36)(H4,24,25,26)/t10-,11-,12+,13+,14+,16-,17-/m1/s1/i18+2. The first kappa shape index (κ1) is 27.2. The van der Waals surface area contributed by atoms with Crippen molar-refractivity contribution in [3.8, 4) is 0 Å². The highest BCUT2D eigenvalue weighted by molar-refractivity contribution is 8.03. The Labute approximate surface area is 219 Å². The summed E-state index contributed by atoms with van der Waals surface area (Å²) in [4.78, 5) is 59.4. The maximum absolute atomic E-state index is 13.3. The summed E-state index contributed by atoms with van der Waals surface area (Å²) in [6, 6.07) is -0.890. The van der Waals surface area contributed by atoms with Crippen LogP contribution in [0.5, 0.6) is 0 Å². The fourth-order valence-electron chi connectivity index (χ4n) is 5.91. The molecule has 0 bridgehead atoms. The lowest BCUT2D eigenvalue weighted by Crippen LogP contribution is -2.63. The molecule has 3 saturated heterocycles. The van der Waals surface area contributed by atoms with Gasteiger partial charge in [0.25, 0.3) is 0 Å². The van der Waals surface area contributed by atoms with Crippen molar-refractivity contribution in [1.82, 2.24) is 20.0 Å². The number of hydrogen-bond acceptors (Lipinski definition) is 8. The van der Waals surface area contributed by atoms with E-state index in [1.165, 1.54) is 16.7 Å². The Kier molecular flexibility index (Phi) is 7.72. The summed E-state index contributed by atoms with van der Waals surface area (Å²) in [5, 5.41) is 22.7. The molecule has 37 heavy (non-hydrogen) atoms. The van der Waals surface area contributed by atoms with Crippen molar-refractivity contribution in [2.75, 3.05) is 33.2 Å². The SMILES string of the molecule is C[C@@H](O)[C@H]1C(=O)N2[C@@H]1[C@@H](C)C(S[C@H]1C[C@@H](C(=O)N3CC[C@H](NC(=O)CN=C(N)N)C3)N(C)C1)=[14C]2C(=O)O. The van der Waals surface area contributed by atoms with Crippen LogP contribution >= 0.6 is 11.8 Å². The van der Waals surface area contributed by atoms with Crippen molar-refractivity contribution >= 4 is 41.4 Å². The first-order valence-electron chi connectivity index (χ1n) is 12.4. The van der Waals surface area contributed by atoms with Crippen molar-refractivity contribution in [3.63, 3.8) is 0 Å². The Morgan fingerprint density at radius 2 is 2.00 bits per heavy atom. The summed E-state index contributed by atoms with van der Waals surface area (Å²) in [5.41, 5.74) is 10.5. The number of aliphatic imine (C=N–C) groups is 1.